The summed E-state index contributed by atoms with van der Waals surface area (Å²) in [6.45, 7) is 4.64. The van der Waals surface area contributed by atoms with E-state index >= 15 is 0 Å². The Morgan fingerprint density at radius 1 is 1.07 bits per heavy atom. The highest BCUT2D eigenvalue weighted by atomic mass is 16.5. The molecule has 2 aromatic carbocycles. The third kappa shape index (κ3) is 3.16. The van der Waals surface area contributed by atoms with Gasteiger partial charge in [0.25, 0.3) is 0 Å². The molecule has 4 nitrogen and oxygen atoms in total. The van der Waals surface area contributed by atoms with Gasteiger partial charge in [-0.3, -0.25) is 4.90 Å². The quantitative estimate of drug-likeness (QED) is 0.886. The molecular weight excluding hydrogens is 334 g/mol. The zero-order valence-electron chi connectivity index (χ0n) is 16.2. The van der Waals surface area contributed by atoms with Gasteiger partial charge in [-0.25, -0.2) is 0 Å². The van der Waals surface area contributed by atoms with Crippen LogP contribution >= 0.6 is 0 Å². The highest BCUT2D eigenvalue weighted by Crippen LogP contribution is 2.44. The zero-order valence-corrected chi connectivity index (χ0v) is 16.2. The summed E-state index contributed by atoms with van der Waals surface area (Å²) in [6, 6.07) is 15.4. The zero-order chi connectivity index (χ0) is 18.2. The van der Waals surface area contributed by atoms with Gasteiger partial charge in [0.15, 0.2) is 0 Å². The van der Waals surface area contributed by atoms with Gasteiger partial charge in [-0.1, -0.05) is 30.3 Å². The van der Waals surface area contributed by atoms with Gasteiger partial charge in [-0.05, 0) is 61.9 Å². The molecule has 3 aliphatic heterocycles. The monoisotopic (exact) mass is 363 g/mol. The summed E-state index contributed by atoms with van der Waals surface area (Å²) in [4.78, 5) is 5.24. The fraction of sp³-hybridized carbons (Fsp3) is 0.478. The maximum Gasteiger partial charge on any atom is 0.121 e. The fourth-order valence-corrected chi connectivity index (χ4v) is 5.11. The smallest absolute Gasteiger partial charge is 0.121 e. The minimum atomic E-state index is 0.388. The van der Waals surface area contributed by atoms with Crippen LogP contribution in [0.2, 0.25) is 0 Å². The number of piperidine rings is 1. The normalized spacial score (nSPS) is 22.4. The van der Waals surface area contributed by atoms with Crippen molar-refractivity contribution < 1.29 is 4.74 Å². The molecule has 3 aliphatic rings. The summed E-state index contributed by atoms with van der Waals surface area (Å²) in [5.74, 6) is 1.70. The maximum atomic E-state index is 5.51. The summed E-state index contributed by atoms with van der Waals surface area (Å²) in [5, 5.41) is 3.79. The van der Waals surface area contributed by atoms with Gasteiger partial charge in [0.2, 0.25) is 0 Å². The SMILES string of the molecule is COc1cc2c3c(c1)NC(CN1CCC(c4ccccc4)CC1)N3CCC2. The van der Waals surface area contributed by atoms with Crippen molar-refractivity contribution in [2.75, 3.05) is 43.5 Å². The van der Waals surface area contributed by atoms with Crippen LogP contribution in [0.1, 0.15) is 36.3 Å². The average molecular weight is 364 g/mol. The van der Waals surface area contributed by atoms with E-state index < -0.39 is 0 Å². The van der Waals surface area contributed by atoms with Crippen molar-refractivity contribution in [1.82, 2.24) is 4.90 Å². The van der Waals surface area contributed by atoms with Gasteiger partial charge in [0, 0.05) is 19.2 Å². The molecule has 0 spiro atoms. The van der Waals surface area contributed by atoms with Crippen LogP contribution in [0.3, 0.4) is 0 Å². The standard InChI is InChI=1S/C23H29N3O/c1-27-20-14-19-8-5-11-26-22(24-21(15-20)23(19)26)16-25-12-9-18(10-13-25)17-6-3-2-4-7-17/h2-4,6-7,14-15,18,22,24H,5,8-13,16H2,1H3. The van der Waals surface area contributed by atoms with Gasteiger partial charge in [0.1, 0.15) is 11.9 Å². The van der Waals surface area contributed by atoms with E-state index in [1.165, 1.54) is 54.9 Å². The van der Waals surface area contributed by atoms with Crippen LogP contribution in [0, 0.1) is 0 Å². The predicted molar refractivity (Wildman–Crippen MR) is 111 cm³/mol. The minimum Gasteiger partial charge on any atom is -0.497 e. The number of hydrogen-bond donors (Lipinski definition) is 1. The lowest BCUT2D eigenvalue weighted by molar-refractivity contribution is 0.204. The number of anilines is 2. The summed E-state index contributed by atoms with van der Waals surface area (Å²) in [7, 11) is 1.76. The van der Waals surface area contributed by atoms with E-state index in [0.29, 0.717) is 6.17 Å². The Labute approximate surface area is 162 Å². The fourth-order valence-electron chi connectivity index (χ4n) is 5.11. The molecule has 4 heteroatoms. The van der Waals surface area contributed by atoms with Crippen LogP contribution in [0.4, 0.5) is 11.4 Å². The molecule has 3 heterocycles. The Balaban J connectivity index is 1.26. The highest BCUT2D eigenvalue weighted by molar-refractivity contribution is 5.81. The summed E-state index contributed by atoms with van der Waals surface area (Å²) in [5.41, 5.74) is 5.63. The second-order valence-electron chi connectivity index (χ2n) is 8.13. The number of rotatable bonds is 4. The van der Waals surface area contributed by atoms with Crippen LogP contribution in [-0.2, 0) is 6.42 Å². The third-order valence-corrected chi connectivity index (χ3v) is 6.52. The Morgan fingerprint density at radius 3 is 2.67 bits per heavy atom. The van der Waals surface area contributed by atoms with Crippen molar-refractivity contribution in [2.45, 2.75) is 37.8 Å². The van der Waals surface area contributed by atoms with Crippen LogP contribution in [0.15, 0.2) is 42.5 Å². The lowest BCUT2D eigenvalue weighted by Crippen LogP contribution is -2.48. The number of nitrogens with zero attached hydrogens (tertiary/aromatic N) is 2. The van der Waals surface area contributed by atoms with Gasteiger partial charge < -0.3 is 15.0 Å². The van der Waals surface area contributed by atoms with Crippen LogP contribution in [-0.4, -0.2) is 44.4 Å². The first-order valence-electron chi connectivity index (χ1n) is 10.3. The number of nitrogens with one attached hydrogen (secondary N) is 1. The van der Waals surface area contributed by atoms with Gasteiger partial charge in [-0.15, -0.1) is 0 Å². The molecule has 1 N–H and O–H groups in total. The molecule has 27 heavy (non-hydrogen) atoms. The summed E-state index contributed by atoms with van der Waals surface area (Å²) >= 11 is 0. The molecule has 1 saturated heterocycles. The molecule has 0 saturated carbocycles. The van der Waals surface area contributed by atoms with Crippen molar-refractivity contribution in [3.63, 3.8) is 0 Å². The third-order valence-electron chi connectivity index (χ3n) is 6.52. The van der Waals surface area contributed by atoms with E-state index in [1.54, 1.807) is 7.11 Å². The largest absolute Gasteiger partial charge is 0.497 e. The number of aryl methyl sites for hydroxylation is 1. The molecule has 142 valence electrons. The van der Waals surface area contributed by atoms with Gasteiger partial charge in [0.05, 0.1) is 18.5 Å². The predicted octanol–water partition coefficient (Wildman–Crippen LogP) is 4.08. The van der Waals surface area contributed by atoms with Crippen molar-refractivity contribution in [3.05, 3.63) is 53.6 Å². The van der Waals surface area contributed by atoms with Crippen molar-refractivity contribution in [1.29, 1.82) is 0 Å². The molecule has 2 aromatic rings. The molecule has 0 aliphatic carbocycles. The molecular formula is C23H29N3O. The van der Waals surface area contributed by atoms with E-state index in [2.05, 4.69) is 57.6 Å². The second kappa shape index (κ2) is 7.08. The van der Waals surface area contributed by atoms with Gasteiger partial charge in [-0.2, -0.15) is 0 Å². The van der Waals surface area contributed by atoms with Crippen LogP contribution in [0.25, 0.3) is 0 Å². The highest BCUT2D eigenvalue weighted by Gasteiger charge is 2.35. The minimum absolute atomic E-state index is 0.388. The molecule has 5 rings (SSSR count). The molecule has 1 unspecified atom stereocenters. The Bertz CT molecular complexity index is 799. The number of methoxy groups -OCH3 is 1. The van der Waals surface area contributed by atoms with Crippen LogP contribution in [0.5, 0.6) is 5.75 Å². The molecule has 0 bridgehead atoms. The lowest BCUT2D eigenvalue weighted by Gasteiger charge is -2.37. The molecule has 0 aromatic heterocycles. The number of hydrogen-bond acceptors (Lipinski definition) is 4. The van der Waals surface area contributed by atoms with E-state index in [9.17, 15) is 0 Å². The lowest BCUT2D eigenvalue weighted by atomic mass is 9.89. The first-order valence-corrected chi connectivity index (χ1v) is 10.3. The Kier molecular flexibility index (Phi) is 4.44. The summed E-state index contributed by atoms with van der Waals surface area (Å²) < 4.78 is 5.51. The number of ether oxygens (including phenoxy) is 1. The number of benzene rings is 2. The average Bonchev–Trinajstić information content (AvgIpc) is 3.08. The van der Waals surface area contributed by atoms with Crippen molar-refractivity contribution in [3.8, 4) is 5.75 Å². The van der Waals surface area contributed by atoms with E-state index in [0.717, 1.165) is 31.2 Å². The van der Waals surface area contributed by atoms with E-state index in [1.807, 2.05) is 0 Å². The topological polar surface area (TPSA) is 27.7 Å². The second-order valence-corrected chi connectivity index (χ2v) is 8.13. The molecule has 1 atom stereocenters. The van der Waals surface area contributed by atoms with Crippen molar-refractivity contribution >= 4 is 11.4 Å². The maximum absolute atomic E-state index is 5.51. The summed E-state index contributed by atoms with van der Waals surface area (Å²) in [6.07, 6.45) is 5.31. The number of likely N-dealkylation sites (tertiary alicyclic amines) is 1. The first kappa shape index (κ1) is 16.9. The van der Waals surface area contributed by atoms with Gasteiger partial charge >= 0.3 is 0 Å². The molecule has 1 fully saturated rings. The Morgan fingerprint density at radius 2 is 1.89 bits per heavy atom. The van der Waals surface area contributed by atoms with Crippen LogP contribution < -0.4 is 15.0 Å². The molecule has 0 amide bonds. The van der Waals surface area contributed by atoms with E-state index in [4.69, 9.17) is 4.74 Å². The Hall–Kier alpha value is -2.20. The van der Waals surface area contributed by atoms with Crippen molar-refractivity contribution in [2.24, 2.45) is 0 Å². The van der Waals surface area contributed by atoms with E-state index in [-0.39, 0.29) is 0 Å². The first-order chi connectivity index (χ1) is 13.3. The molecule has 0 radical (unpaired) electrons.